The topological polar surface area (TPSA) is 44.8 Å². The molecule has 3 aliphatic heterocycles. The average molecular weight is 372 g/mol. The van der Waals surface area contributed by atoms with Crippen LogP contribution < -0.4 is 10.1 Å². The minimum atomic E-state index is 0.137. The van der Waals surface area contributed by atoms with Gasteiger partial charge < -0.3 is 19.9 Å². The largest absolute Gasteiger partial charge is 0.483 e. The number of likely N-dealkylation sites (tertiary alicyclic amines) is 2. The quantitative estimate of drug-likeness (QED) is 0.882. The summed E-state index contributed by atoms with van der Waals surface area (Å²) in [5, 5.41) is 3.49. The fourth-order valence-corrected chi connectivity index (χ4v) is 5.01. The summed E-state index contributed by atoms with van der Waals surface area (Å²) in [6.07, 6.45) is 3.40. The van der Waals surface area contributed by atoms with Crippen LogP contribution in [0.4, 0.5) is 0 Å². The number of hydrogen-bond acceptors (Lipinski definition) is 4. The standard InChI is InChI=1S/C22H33N3O2/c1-16-3-4-21(20(11-16)19-5-8-24(2)14-19)27-15-22(26)25-9-6-17-12-23-13-18(17)7-10-25/h3-4,11,17-19,23H,5-10,12-15H2,1-2H3/t17-,18+,19?. The molecule has 3 atom stereocenters. The summed E-state index contributed by atoms with van der Waals surface area (Å²) >= 11 is 0. The molecule has 5 heteroatoms. The molecule has 0 radical (unpaired) electrons. The molecule has 4 rings (SSSR count). The van der Waals surface area contributed by atoms with Gasteiger partial charge in [-0.1, -0.05) is 17.7 Å². The van der Waals surface area contributed by atoms with Gasteiger partial charge in [0.1, 0.15) is 5.75 Å². The SMILES string of the molecule is Cc1ccc(OCC(=O)N2CC[C@@H]3CNC[C@@H]3CC2)c(C2CCN(C)C2)c1. The van der Waals surface area contributed by atoms with Gasteiger partial charge in [0.15, 0.2) is 6.61 Å². The zero-order chi connectivity index (χ0) is 18.8. The lowest BCUT2D eigenvalue weighted by molar-refractivity contribution is -0.133. The number of nitrogens with one attached hydrogen (secondary N) is 1. The molecule has 0 aliphatic carbocycles. The lowest BCUT2D eigenvalue weighted by Gasteiger charge is -2.22. The Balaban J connectivity index is 1.37. The summed E-state index contributed by atoms with van der Waals surface area (Å²) in [5.74, 6) is 3.02. The maximum atomic E-state index is 12.8. The minimum absolute atomic E-state index is 0.137. The van der Waals surface area contributed by atoms with E-state index in [9.17, 15) is 4.79 Å². The van der Waals surface area contributed by atoms with Crippen LogP contribution in [0.1, 0.15) is 36.3 Å². The summed E-state index contributed by atoms with van der Waals surface area (Å²) in [7, 11) is 2.17. The average Bonchev–Trinajstić information content (AvgIpc) is 3.24. The van der Waals surface area contributed by atoms with Gasteiger partial charge in [-0.3, -0.25) is 4.79 Å². The zero-order valence-electron chi connectivity index (χ0n) is 16.7. The highest BCUT2D eigenvalue weighted by atomic mass is 16.5. The number of likely N-dealkylation sites (N-methyl/N-ethyl adjacent to an activating group) is 1. The Morgan fingerprint density at radius 1 is 1.15 bits per heavy atom. The third-order valence-electron chi connectivity index (χ3n) is 6.72. The molecule has 1 N–H and O–H groups in total. The predicted molar refractivity (Wildman–Crippen MR) is 107 cm³/mol. The molecule has 0 spiro atoms. The zero-order valence-corrected chi connectivity index (χ0v) is 16.7. The van der Waals surface area contributed by atoms with Gasteiger partial charge in [0.05, 0.1) is 0 Å². The molecular formula is C22H33N3O2. The second-order valence-electron chi connectivity index (χ2n) is 8.71. The van der Waals surface area contributed by atoms with E-state index >= 15 is 0 Å². The molecule has 5 nitrogen and oxygen atoms in total. The first-order valence-electron chi connectivity index (χ1n) is 10.5. The van der Waals surface area contributed by atoms with Crippen molar-refractivity contribution < 1.29 is 9.53 Å². The van der Waals surface area contributed by atoms with E-state index < -0.39 is 0 Å². The van der Waals surface area contributed by atoms with Crippen LogP contribution in [0.25, 0.3) is 0 Å². The Hall–Kier alpha value is -1.59. The number of nitrogens with zero attached hydrogens (tertiary/aromatic N) is 2. The number of benzene rings is 1. The molecule has 3 fully saturated rings. The molecule has 0 bridgehead atoms. The smallest absolute Gasteiger partial charge is 0.260 e. The maximum Gasteiger partial charge on any atom is 0.260 e. The number of aryl methyl sites for hydroxylation is 1. The normalized spacial score (nSPS) is 28.8. The van der Waals surface area contributed by atoms with Crippen molar-refractivity contribution in [2.24, 2.45) is 11.8 Å². The third-order valence-corrected chi connectivity index (χ3v) is 6.72. The lowest BCUT2D eigenvalue weighted by atomic mass is 9.92. The van der Waals surface area contributed by atoms with Crippen molar-refractivity contribution in [1.82, 2.24) is 15.1 Å². The molecule has 1 unspecified atom stereocenters. The Morgan fingerprint density at radius 2 is 1.89 bits per heavy atom. The molecular weight excluding hydrogens is 338 g/mol. The minimum Gasteiger partial charge on any atom is -0.483 e. The van der Waals surface area contributed by atoms with Crippen molar-refractivity contribution in [1.29, 1.82) is 0 Å². The van der Waals surface area contributed by atoms with Crippen LogP contribution in [0.2, 0.25) is 0 Å². The molecule has 3 aliphatic rings. The van der Waals surface area contributed by atoms with E-state index in [4.69, 9.17) is 4.74 Å². The number of hydrogen-bond donors (Lipinski definition) is 1. The van der Waals surface area contributed by atoms with Crippen molar-refractivity contribution in [2.45, 2.75) is 32.1 Å². The van der Waals surface area contributed by atoms with Gasteiger partial charge in [0.25, 0.3) is 5.91 Å². The summed E-state index contributed by atoms with van der Waals surface area (Å²) < 4.78 is 6.07. The van der Waals surface area contributed by atoms with E-state index in [1.807, 2.05) is 4.90 Å². The van der Waals surface area contributed by atoms with Gasteiger partial charge in [0, 0.05) is 25.6 Å². The van der Waals surface area contributed by atoms with Crippen LogP contribution in [-0.4, -0.2) is 68.6 Å². The van der Waals surface area contributed by atoms with Crippen LogP contribution in [0.15, 0.2) is 18.2 Å². The highest BCUT2D eigenvalue weighted by molar-refractivity contribution is 5.77. The first-order chi connectivity index (χ1) is 13.1. The molecule has 1 aromatic carbocycles. The molecule has 1 aromatic rings. The first kappa shape index (κ1) is 18.8. The molecule has 148 valence electrons. The fraction of sp³-hybridized carbons (Fsp3) is 0.682. The summed E-state index contributed by atoms with van der Waals surface area (Å²) in [6.45, 7) is 8.46. The van der Waals surface area contributed by atoms with Gasteiger partial charge >= 0.3 is 0 Å². The number of ether oxygens (including phenoxy) is 1. The molecule has 3 saturated heterocycles. The highest BCUT2D eigenvalue weighted by Crippen LogP contribution is 2.34. The van der Waals surface area contributed by atoms with E-state index in [0.717, 1.165) is 76.1 Å². The Labute approximate surface area is 163 Å². The Kier molecular flexibility index (Phi) is 5.69. The molecule has 1 amide bonds. The van der Waals surface area contributed by atoms with Crippen molar-refractivity contribution >= 4 is 5.91 Å². The number of amides is 1. The van der Waals surface area contributed by atoms with Crippen molar-refractivity contribution in [3.05, 3.63) is 29.3 Å². The lowest BCUT2D eigenvalue weighted by Crippen LogP contribution is -2.36. The highest BCUT2D eigenvalue weighted by Gasteiger charge is 2.31. The maximum absolute atomic E-state index is 12.8. The summed E-state index contributed by atoms with van der Waals surface area (Å²) in [5.41, 5.74) is 2.52. The van der Waals surface area contributed by atoms with Crippen LogP contribution in [0.5, 0.6) is 5.75 Å². The number of carbonyl (C=O) groups is 1. The van der Waals surface area contributed by atoms with Crippen LogP contribution in [0.3, 0.4) is 0 Å². The van der Waals surface area contributed by atoms with E-state index in [1.54, 1.807) is 0 Å². The van der Waals surface area contributed by atoms with Crippen LogP contribution in [0, 0.1) is 18.8 Å². The van der Waals surface area contributed by atoms with Crippen molar-refractivity contribution in [3.63, 3.8) is 0 Å². The van der Waals surface area contributed by atoms with Crippen LogP contribution >= 0.6 is 0 Å². The number of rotatable bonds is 4. The number of carbonyl (C=O) groups excluding carboxylic acids is 1. The molecule has 0 saturated carbocycles. The summed E-state index contributed by atoms with van der Waals surface area (Å²) in [6, 6.07) is 6.38. The second-order valence-corrected chi connectivity index (χ2v) is 8.71. The van der Waals surface area contributed by atoms with Gasteiger partial charge in [-0.05, 0) is 76.3 Å². The first-order valence-corrected chi connectivity index (χ1v) is 10.5. The Bertz CT molecular complexity index is 664. The Morgan fingerprint density at radius 3 is 2.56 bits per heavy atom. The van der Waals surface area contributed by atoms with E-state index in [2.05, 4.69) is 42.4 Å². The molecule has 3 heterocycles. The van der Waals surface area contributed by atoms with Crippen molar-refractivity contribution in [3.8, 4) is 5.75 Å². The number of fused-ring (bicyclic) bond motifs is 1. The molecule has 27 heavy (non-hydrogen) atoms. The van der Waals surface area contributed by atoms with E-state index in [1.165, 1.54) is 11.1 Å². The predicted octanol–water partition coefficient (Wildman–Crippen LogP) is 2.25. The van der Waals surface area contributed by atoms with Crippen LogP contribution in [-0.2, 0) is 4.79 Å². The third kappa shape index (κ3) is 4.30. The summed E-state index contributed by atoms with van der Waals surface area (Å²) in [4.78, 5) is 17.2. The van der Waals surface area contributed by atoms with E-state index in [0.29, 0.717) is 5.92 Å². The second kappa shape index (κ2) is 8.19. The van der Waals surface area contributed by atoms with Gasteiger partial charge in [-0.25, -0.2) is 0 Å². The van der Waals surface area contributed by atoms with Gasteiger partial charge in [0.2, 0.25) is 0 Å². The van der Waals surface area contributed by atoms with Gasteiger partial charge in [-0.2, -0.15) is 0 Å². The fourth-order valence-electron chi connectivity index (χ4n) is 5.01. The molecule has 0 aromatic heterocycles. The van der Waals surface area contributed by atoms with Gasteiger partial charge in [-0.15, -0.1) is 0 Å². The monoisotopic (exact) mass is 371 g/mol. The van der Waals surface area contributed by atoms with E-state index in [-0.39, 0.29) is 12.5 Å². The van der Waals surface area contributed by atoms with Crippen molar-refractivity contribution in [2.75, 3.05) is 52.9 Å².